The van der Waals surface area contributed by atoms with E-state index in [0.29, 0.717) is 37.5 Å². The minimum atomic E-state index is -0.342. The average molecular weight is 364 g/mol. The van der Waals surface area contributed by atoms with E-state index in [1.54, 1.807) is 21.6 Å². The lowest BCUT2D eigenvalue weighted by molar-refractivity contribution is 0.0294. The fourth-order valence-electron chi connectivity index (χ4n) is 3.18. The summed E-state index contributed by atoms with van der Waals surface area (Å²) in [7, 11) is 0. The molecule has 0 bridgehead atoms. The zero-order valence-electron chi connectivity index (χ0n) is 15.0. The lowest BCUT2D eigenvalue weighted by atomic mass is 10.2. The summed E-state index contributed by atoms with van der Waals surface area (Å²) in [4.78, 5) is 31.8. The van der Waals surface area contributed by atoms with Crippen LogP contribution < -0.4 is 5.32 Å². The maximum atomic E-state index is 12.9. The van der Waals surface area contributed by atoms with E-state index in [1.807, 2.05) is 43.3 Å². The lowest BCUT2D eigenvalue weighted by Crippen LogP contribution is -2.41. The van der Waals surface area contributed by atoms with E-state index in [9.17, 15) is 9.59 Å². The highest BCUT2D eigenvalue weighted by atomic mass is 16.5. The molecule has 1 fully saturated rings. The molecule has 3 aromatic rings. The van der Waals surface area contributed by atoms with Crippen molar-refractivity contribution in [2.45, 2.75) is 6.92 Å². The molecule has 2 aromatic heterocycles. The lowest BCUT2D eigenvalue weighted by Gasteiger charge is -2.26. The van der Waals surface area contributed by atoms with Gasteiger partial charge in [-0.1, -0.05) is 18.2 Å². The molecule has 0 aliphatic carbocycles. The summed E-state index contributed by atoms with van der Waals surface area (Å²) in [5, 5.41) is 2.86. The number of aryl methyl sites for hydroxylation is 1. The molecule has 138 valence electrons. The van der Waals surface area contributed by atoms with Crippen molar-refractivity contribution >= 4 is 23.0 Å². The molecule has 3 heterocycles. The molecular weight excluding hydrogens is 344 g/mol. The Balaban J connectivity index is 1.69. The number of carbonyl (C=O) groups is 2. The first-order valence-electron chi connectivity index (χ1n) is 8.85. The Morgan fingerprint density at radius 1 is 1.11 bits per heavy atom. The predicted octanol–water partition coefficient (Wildman–Crippen LogP) is 2.37. The second-order valence-corrected chi connectivity index (χ2v) is 6.47. The van der Waals surface area contributed by atoms with Gasteiger partial charge in [0.2, 0.25) is 5.82 Å². The zero-order chi connectivity index (χ0) is 18.8. The number of pyridine rings is 1. The van der Waals surface area contributed by atoms with Crippen molar-refractivity contribution < 1.29 is 14.3 Å². The molecule has 7 heteroatoms. The molecule has 1 N–H and O–H groups in total. The van der Waals surface area contributed by atoms with E-state index < -0.39 is 0 Å². The Morgan fingerprint density at radius 3 is 2.70 bits per heavy atom. The fourth-order valence-corrected chi connectivity index (χ4v) is 3.18. The number of hydrogen-bond donors (Lipinski definition) is 1. The van der Waals surface area contributed by atoms with E-state index in [4.69, 9.17) is 4.74 Å². The first-order chi connectivity index (χ1) is 13.1. The van der Waals surface area contributed by atoms with Crippen molar-refractivity contribution in [2.75, 3.05) is 31.6 Å². The second-order valence-electron chi connectivity index (χ2n) is 6.47. The van der Waals surface area contributed by atoms with Gasteiger partial charge >= 0.3 is 0 Å². The van der Waals surface area contributed by atoms with Crippen LogP contribution in [0.25, 0.3) is 5.52 Å². The van der Waals surface area contributed by atoms with Crippen molar-refractivity contribution in [2.24, 2.45) is 0 Å². The number of morpholine rings is 1. The smallest absolute Gasteiger partial charge is 0.290 e. The molecule has 4 rings (SSSR count). The molecule has 2 amide bonds. The van der Waals surface area contributed by atoms with E-state index >= 15 is 0 Å². The summed E-state index contributed by atoms with van der Waals surface area (Å²) in [5.74, 6) is -0.304. The normalized spacial score (nSPS) is 14.3. The first-order valence-corrected chi connectivity index (χ1v) is 8.85. The first kappa shape index (κ1) is 17.2. The van der Waals surface area contributed by atoms with Crippen molar-refractivity contribution in [1.29, 1.82) is 0 Å². The monoisotopic (exact) mass is 364 g/mol. The summed E-state index contributed by atoms with van der Waals surface area (Å²) in [6.45, 7) is 4.02. The second kappa shape index (κ2) is 7.20. The highest BCUT2D eigenvalue weighted by molar-refractivity contribution is 6.09. The molecule has 1 aliphatic heterocycles. The van der Waals surface area contributed by atoms with Gasteiger partial charge in [0.05, 0.1) is 18.7 Å². The summed E-state index contributed by atoms with van der Waals surface area (Å²) >= 11 is 0. The van der Waals surface area contributed by atoms with Crippen molar-refractivity contribution in [3.8, 4) is 0 Å². The van der Waals surface area contributed by atoms with Crippen LogP contribution in [0.15, 0.2) is 48.7 Å². The largest absolute Gasteiger partial charge is 0.378 e. The van der Waals surface area contributed by atoms with Crippen molar-refractivity contribution in [3.05, 3.63) is 65.7 Å². The molecule has 0 saturated carbocycles. The topological polar surface area (TPSA) is 75.9 Å². The van der Waals surface area contributed by atoms with Crippen LogP contribution >= 0.6 is 0 Å². The molecule has 0 unspecified atom stereocenters. The molecule has 27 heavy (non-hydrogen) atoms. The molecule has 1 aromatic carbocycles. The van der Waals surface area contributed by atoms with Gasteiger partial charge in [0.1, 0.15) is 0 Å². The van der Waals surface area contributed by atoms with Crippen LogP contribution in [0.1, 0.15) is 26.7 Å². The molecule has 0 spiro atoms. The van der Waals surface area contributed by atoms with Gasteiger partial charge in [-0.15, -0.1) is 0 Å². The van der Waals surface area contributed by atoms with Crippen LogP contribution in [0.3, 0.4) is 0 Å². The Hall–Kier alpha value is -3.19. The van der Waals surface area contributed by atoms with E-state index in [1.165, 1.54) is 0 Å². The van der Waals surface area contributed by atoms with Crippen LogP contribution in [0.2, 0.25) is 0 Å². The van der Waals surface area contributed by atoms with E-state index in [2.05, 4.69) is 10.3 Å². The molecule has 1 aliphatic rings. The Kier molecular flexibility index (Phi) is 4.60. The van der Waals surface area contributed by atoms with Crippen molar-refractivity contribution in [3.63, 3.8) is 0 Å². The van der Waals surface area contributed by atoms with Gasteiger partial charge in [0, 0.05) is 25.0 Å². The average Bonchev–Trinajstić information content (AvgIpc) is 3.08. The van der Waals surface area contributed by atoms with Gasteiger partial charge in [0.25, 0.3) is 11.8 Å². The van der Waals surface area contributed by atoms with Gasteiger partial charge < -0.3 is 15.0 Å². The number of fused-ring (bicyclic) bond motifs is 1. The summed E-state index contributed by atoms with van der Waals surface area (Å²) in [6.07, 6.45) is 1.75. The third kappa shape index (κ3) is 3.41. The number of nitrogens with one attached hydrogen (secondary N) is 1. The third-order valence-corrected chi connectivity index (χ3v) is 4.53. The SMILES string of the molecule is Cc1cccc(NC(=O)c2nc(C(=O)N3CCOCC3)n3ccccc23)c1. The number of aromatic nitrogens is 2. The Labute approximate surface area is 156 Å². The highest BCUT2D eigenvalue weighted by Crippen LogP contribution is 2.18. The maximum Gasteiger partial charge on any atom is 0.290 e. The number of imidazole rings is 1. The highest BCUT2D eigenvalue weighted by Gasteiger charge is 2.26. The number of hydrogen-bond acceptors (Lipinski definition) is 4. The maximum absolute atomic E-state index is 12.9. The number of benzene rings is 1. The van der Waals surface area contributed by atoms with Gasteiger partial charge in [-0.3, -0.25) is 14.0 Å². The number of rotatable bonds is 3. The minimum absolute atomic E-state index is 0.200. The molecule has 0 atom stereocenters. The van der Waals surface area contributed by atoms with Crippen LogP contribution in [-0.2, 0) is 4.74 Å². The summed E-state index contributed by atoms with van der Waals surface area (Å²) in [6, 6.07) is 13.0. The fraction of sp³-hybridized carbons (Fsp3) is 0.250. The quantitative estimate of drug-likeness (QED) is 0.774. The minimum Gasteiger partial charge on any atom is -0.378 e. The summed E-state index contributed by atoms with van der Waals surface area (Å²) < 4.78 is 6.98. The van der Waals surface area contributed by atoms with E-state index in [-0.39, 0.29) is 23.3 Å². The van der Waals surface area contributed by atoms with E-state index in [0.717, 1.165) is 5.56 Å². The Morgan fingerprint density at radius 2 is 1.93 bits per heavy atom. The zero-order valence-corrected chi connectivity index (χ0v) is 15.0. The number of ether oxygens (including phenoxy) is 1. The van der Waals surface area contributed by atoms with Gasteiger partial charge in [-0.2, -0.15) is 0 Å². The molecule has 0 radical (unpaired) electrons. The molecular formula is C20H20N4O3. The number of anilines is 1. The van der Waals surface area contributed by atoms with Crippen LogP contribution in [0.5, 0.6) is 0 Å². The third-order valence-electron chi connectivity index (χ3n) is 4.53. The van der Waals surface area contributed by atoms with Crippen LogP contribution in [-0.4, -0.2) is 52.4 Å². The standard InChI is InChI=1S/C20H20N4O3/c1-14-5-4-6-15(13-14)21-19(25)17-16-7-2-3-8-24(16)18(22-17)20(26)23-9-11-27-12-10-23/h2-8,13H,9-12H2,1H3,(H,21,25). The van der Waals surface area contributed by atoms with Gasteiger partial charge in [-0.25, -0.2) is 4.98 Å². The molecule has 1 saturated heterocycles. The summed E-state index contributed by atoms with van der Waals surface area (Å²) in [5.41, 5.74) is 2.57. The number of nitrogens with zero attached hydrogens (tertiary/aromatic N) is 3. The predicted molar refractivity (Wildman–Crippen MR) is 101 cm³/mol. The number of carbonyl (C=O) groups excluding carboxylic acids is 2. The van der Waals surface area contributed by atoms with Gasteiger partial charge in [-0.05, 0) is 36.8 Å². The molecule has 7 nitrogen and oxygen atoms in total. The van der Waals surface area contributed by atoms with Crippen LogP contribution in [0.4, 0.5) is 5.69 Å². The van der Waals surface area contributed by atoms with Gasteiger partial charge in [0.15, 0.2) is 5.69 Å². The Bertz CT molecular complexity index is 1010. The van der Waals surface area contributed by atoms with Crippen LogP contribution in [0, 0.1) is 6.92 Å². The van der Waals surface area contributed by atoms with Crippen molar-refractivity contribution in [1.82, 2.24) is 14.3 Å². The number of amides is 2.